The van der Waals surface area contributed by atoms with Gasteiger partial charge in [-0.15, -0.1) is 0 Å². The molecule has 1 heterocycles. The number of nitrogens with two attached hydrogens (primary N) is 1. The second-order valence-corrected chi connectivity index (χ2v) is 5.23. The molecule has 0 spiro atoms. The summed E-state index contributed by atoms with van der Waals surface area (Å²) >= 11 is 5.79. The van der Waals surface area contributed by atoms with Crippen LogP contribution < -0.4 is 10.5 Å². The fourth-order valence-corrected chi connectivity index (χ4v) is 2.07. The van der Waals surface area contributed by atoms with Gasteiger partial charge in [-0.25, -0.2) is 9.78 Å². The lowest BCUT2D eigenvalue weighted by molar-refractivity contribution is -0.137. The molecule has 0 fully saturated rings. The highest BCUT2D eigenvalue weighted by molar-refractivity contribution is 6.31. The minimum absolute atomic E-state index is 0.0510. The fourth-order valence-electron chi connectivity index (χ4n) is 1.87. The summed E-state index contributed by atoms with van der Waals surface area (Å²) in [5.41, 5.74) is 4.34. The van der Waals surface area contributed by atoms with E-state index in [4.69, 9.17) is 22.1 Å². The normalized spacial score (nSPS) is 11.2. The molecule has 0 aliphatic heterocycles. The summed E-state index contributed by atoms with van der Waals surface area (Å²) in [7, 11) is 0. The Kier molecular flexibility index (Phi) is 5.58. The van der Waals surface area contributed by atoms with Gasteiger partial charge in [0.1, 0.15) is 16.5 Å². The molecular weight excluding hydrogens is 365 g/mol. The molecule has 3 N–H and O–H groups in total. The van der Waals surface area contributed by atoms with Crippen LogP contribution in [0.5, 0.6) is 17.4 Å². The Morgan fingerprint density at radius 3 is 2.64 bits per heavy atom. The van der Waals surface area contributed by atoms with Gasteiger partial charge in [-0.2, -0.15) is 13.2 Å². The van der Waals surface area contributed by atoms with Gasteiger partial charge in [-0.3, -0.25) is 0 Å². The van der Waals surface area contributed by atoms with E-state index < -0.39 is 17.8 Å². The van der Waals surface area contributed by atoms with Gasteiger partial charge in [0, 0.05) is 18.7 Å². The SMILES string of the molecule is NC(=O)OCCc1ccc(O)cc1Oc1ncc(C(F)(F)F)cc1Cl. The van der Waals surface area contributed by atoms with Gasteiger partial charge >= 0.3 is 12.3 Å². The summed E-state index contributed by atoms with van der Waals surface area (Å²) in [6.07, 6.45) is -4.76. The van der Waals surface area contributed by atoms with Crippen LogP contribution in [0.25, 0.3) is 0 Å². The second-order valence-electron chi connectivity index (χ2n) is 4.82. The van der Waals surface area contributed by atoms with Crippen LogP contribution in [-0.2, 0) is 17.3 Å². The largest absolute Gasteiger partial charge is 0.508 e. The number of nitrogens with zero attached hydrogens (tertiary/aromatic N) is 1. The minimum Gasteiger partial charge on any atom is -0.508 e. The highest BCUT2D eigenvalue weighted by Gasteiger charge is 2.31. The number of primary amides is 1. The maximum Gasteiger partial charge on any atom is 0.417 e. The molecule has 0 bridgehead atoms. The molecule has 134 valence electrons. The van der Waals surface area contributed by atoms with Crippen molar-refractivity contribution in [3.63, 3.8) is 0 Å². The maximum absolute atomic E-state index is 12.6. The van der Waals surface area contributed by atoms with Gasteiger partial charge in [0.25, 0.3) is 0 Å². The van der Waals surface area contributed by atoms with Gasteiger partial charge in [0.15, 0.2) is 0 Å². The van der Waals surface area contributed by atoms with Crippen molar-refractivity contribution in [3.05, 3.63) is 46.6 Å². The van der Waals surface area contributed by atoms with Crippen molar-refractivity contribution in [3.8, 4) is 17.4 Å². The number of benzene rings is 1. The number of carbonyl (C=O) groups is 1. The van der Waals surface area contributed by atoms with Crippen LogP contribution in [0.4, 0.5) is 18.0 Å². The smallest absolute Gasteiger partial charge is 0.417 e. The summed E-state index contributed by atoms with van der Waals surface area (Å²) in [5, 5.41) is 9.21. The first-order valence-corrected chi connectivity index (χ1v) is 7.19. The van der Waals surface area contributed by atoms with E-state index in [0.717, 1.165) is 0 Å². The zero-order valence-electron chi connectivity index (χ0n) is 12.5. The van der Waals surface area contributed by atoms with E-state index in [1.54, 1.807) is 0 Å². The average Bonchev–Trinajstić information content (AvgIpc) is 2.50. The first-order valence-electron chi connectivity index (χ1n) is 6.81. The van der Waals surface area contributed by atoms with Gasteiger partial charge in [0.05, 0.1) is 12.2 Å². The summed E-state index contributed by atoms with van der Waals surface area (Å²) in [6.45, 7) is -0.0510. The topological polar surface area (TPSA) is 94.7 Å². The van der Waals surface area contributed by atoms with Gasteiger partial charge in [-0.05, 0) is 17.7 Å². The van der Waals surface area contributed by atoms with Crippen LogP contribution in [0.1, 0.15) is 11.1 Å². The number of aromatic hydroxyl groups is 1. The number of alkyl halides is 3. The van der Waals surface area contributed by atoms with E-state index >= 15 is 0 Å². The van der Waals surface area contributed by atoms with Crippen LogP contribution in [-0.4, -0.2) is 22.8 Å². The number of pyridine rings is 1. The standard InChI is InChI=1S/C15H12ClF3N2O4/c16-11-5-9(15(17,18)19)7-21-13(11)25-12-6-10(22)2-1-8(12)3-4-24-14(20)23/h1-2,5-7,22H,3-4H2,(H2,20,23). The number of phenols is 1. The molecule has 0 atom stereocenters. The van der Waals surface area contributed by atoms with E-state index in [2.05, 4.69) is 9.72 Å². The molecule has 10 heteroatoms. The van der Waals surface area contributed by atoms with Crippen molar-refractivity contribution < 1.29 is 32.5 Å². The number of hydrogen-bond donors (Lipinski definition) is 2. The molecule has 1 amide bonds. The number of ether oxygens (including phenoxy) is 2. The third-order valence-electron chi connectivity index (χ3n) is 3.01. The number of hydrogen-bond acceptors (Lipinski definition) is 5. The second kappa shape index (κ2) is 7.47. The van der Waals surface area contributed by atoms with Crippen LogP contribution in [0.3, 0.4) is 0 Å². The van der Waals surface area contributed by atoms with E-state index in [1.165, 1.54) is 18.2 Å². The Labute approximate surface area is 144 Å². The molecule has 0 aliphatic rings. The number of halogens is 4. The maximum atomic E-state index is 12.6. The molecule has 1 aromatic carbocycles. The number of carbonyl (C=O) groups excluding carboxylic acids is 1. The number of rotatable bonds is 5. The lowest BCUT2D eigenvalue weighted by Gasteiger charge is -2.13. The predicted octanol–water partition coefficient (Wildman–Crippen LogP) is 3.89. The predicted molar refractivity (Wildman–Crippen MR) is 81.7 cm³/mol. The number of amides is 1. The zero-order valence-corrected chi connectivity index (χ0v) is 13.3. The van der Waals surface area contributed by atoms with Crippen molar-refractivity contribution in [2.45, 2.75) is 12.6 Å². The van der Waals surface area contributed by atoms with Crippen molar-refractivity contribution in [2.75, 3.05) is 6.61 Å². The van der Waals surface area contributed by atoms with Crippen LogP contribution in [0, 0.1) is 0 Å². The zero-order chi connectivity index (χ0) is 18.6. The van der Waals surface area contributed by atoms with Crippen LogP contribution in [0.2, 0.25) is 5.02 Å². The monoisotopic (exact) mass is 376 g/mol. The molecule has 0 saturated heterocycles. The average molecular weight is 377 g/mol. The van der Waals surface area contributed by atoms with Gasteiger partial charge in [0.2, 0.25) is 5.88 Å². The van der Waals surface area contributed by atoms with Crippen molar-refractivity contribution in [1.82, 2.24) is 4.98 Å². The minimum atomic E-state index is -4.59. The fraction of sp³-hybridized carbons (Fsp3) is 0.200. The Hall–Kier alpha value is -2.68. The Balaban J connectivity index is 2.24. The first-order chi connectivity index (χ1) is 11.7. The third kappa shape index (κ3) is 5.15. The van der Waals surface area contributed by atoms with E-state index in [0.29, 0.717) is 17.8 Å². The summed E-state index contributed by atoms with van der Waals surface area (Å²) in [4.78, 5) is 14.1. The van der Waals surface area contributed by atoms with Gasteiger partial charge < -0.3 is 20.3 Å². The van der Waals surface area contributed by atoms with Crippen molar-refractivity contribution in [1.29, 1.82) is 0 Å². The molecule has 0 radical (unpaired) electrons. The summed E-state index contributed by atoms with van der Waals surface area (Å²) in [5.74, 6) is -0.308. The summed E-state index contributed by atoms with van der Waals surface area (Å²) < 4.78 is 47.9. The van der Waals surface area contributed by atoms with E-state index in [-0.39, 0.29) is 35.4 Å². The first kappa shape index (κ1) is 18.7. The Bertz CT molecular complexity index is 784. The van der Waals surface area contributed by atoms with E-state index in [9.17, 15) is 23.1 Å². The van der Waals surface area contributed by atoms with Crippen molar-refractivity contribution >= 4 is 17.7 Å². The molecular formula is C15H12ClF3N2O4. The molecule has 0 aliphatic carbocycles. The van der Waals surface area contributed by atoms with E-state index in [1.807, 2.05) is 0 Å². The third-order valence-corrected chi connectivity index (χ3v) is 3.28. The Morgan fingerprint density at radius 2 is 2.04 bits per heavy atom. The lowest BCUT2D eigenvalue weighted by Crippen LogP contribution is -2.14. The highest BCUT2D eigenvalue weighted by Crippen LogP contribution is 2.36. The molecule has 2 aromatic rings. The van der Waals surface area contributed by atoms with Gasteiger partial charge in [-0.1, -0.05) is 17.7 Å². The quantitative estimate of drug-likeness (QED) is 0.825. The van der Waals surface area contributed by atoms with Crippen LogP contribution >= 0.6 is 11.6 Å². The molecule has 25 heavy (non-hydrogen) atoms. The molecule has 0 saturated carbocycles. The lowest BCUT2D eigenvalue weighted by atomic mass is 10.1. The number of aromatic nitrogens is 1. The molecule has 2 rings (SSSR count). The van der Waals surface area contributed by atoms with Crippen molar-refractivity contribution in [2.24, 2.45) is 5.73 Å². The Morgan fingerprint density at radius 1 is 1.32 bits per heavy atom. The number of phenolic OH excluding ortho intramolecular Hbond substituents is 1. The van der Waals surface area contributed by atoms with Crippen LogP contribution in [0.15, 0.2) is 30.5 Å². The summed E-state index contributed by atoms with van der Waals surface area (Å²) in [6, 6.07) is 4.78. The molecule has 1 aromatic heterocycles. The highest BCUT2D eigenvalue weighted by atomic mass is 35.5. The molecule has 6 nitrogen and oxygen atoms in total. The molecule has 0 unspecified atom stereocenters.